The summed E-state index contributed by atoms with van der Waals surface area (Å²) in [5.41, 5.74) is 0. The van der Waals surface area contributed by atoms with Gasteiger partial charge in [-0.25, -0.2) is 4.79 Å². The molecule has 0 radical (unpaired) electrons. The molecule has 1 heterocycles. The fourth-order valence-electron chi connectivity index (χ4n) is 2.16. The van der Waals surface area contributed by atoms with E-state index < -0.39 is 6.03 Å². The van der Waals surface area contributed by atoms with E-state index in [0.29, 0.717) is 26.1 Å². The molecular weight excluding hydrogens is 246 g/mol. The summed E-state index contributed by atoms with van der Waals surface area (Å²) in [6.45, 7) is 6.17. The number of nitrogens with zero attached hydrogens (tertiary/aromatic N) is 1. The molecule has 3 N–H and O–H groups in total. The van der Waals surface area contributed by atoms with Gasteiger partial charge in [-0.3, -0.25) is 15.0 Å². The van der Waals surface area contributed by atoms with Gasteiger partial charge in [-0.2, -0.15) is 0 Å². The number of urea groups is 1. The second kappa shape index (κ2) is 8.12. The maximum Gasteiger partial charge on any atom is 0.321 e. The summed E-state index contributed by atoms with van der Waals surface area (Å²) in [6.07, 6.45) is 2.30. The van der Waals surface area contributed by atoms with E-state index in [-0.39, 0.29) is 24.5 Å². The van der Waals surface area contributed by atoms with Gasteiger partial charge in [0.25, 0.3) is 0 Å². The van der Waals surface area contributed by atoms with Gasteiger partial charge in [0.05, 0.1) is 12.6 Å². The molecule has 0 saturated carbocycles. The van der Waals surface area contributed by atoms with Gasteiger partial charge in [0.15, 0.2) is 0 Å². The summed E-state index contributed by atoms with van der Waals surface area (Å²) >= 11 is 0. The summed E-state index contributed by atoms with van der Waals surface area (Å²) in [5.74, 6) is -0.127. The summed E-state index contributed by atoms with van der Waals surface area (Å²) in [6, 6.07) is -0.427. The van der Waals surface area contributed by atoms with Crippen LogP contribution in [0.4, 0.5) is 4.79 Å². The molecule has 6 nitrogen and oxygen atoms in total. The largest absolute Gasteiger partial charge is 0.393 e. The van der Waals surface area contributed by atoms with Crippen molar-refractivity contribution in [1.29, 1.82) is 0 Å². The zero-order valence-electron chi connectivity index (χ0n) is 11.8. The number of carbonyl (C=O) groups is 2. The first-order valence-corrected chi connectivity index (χ1v) is 7.01. The van der Waals surface area contributed by atoms with Gasteiger partial charge in [0.1, 0.15) is 0 Å². The predicted octanol–water partition coefficient (Wildman–Crippen LogP) is 0.315. The number of hydrogen-bond acceptors (Lipinski definition) is 4. The fraction of sp³-hybridized carbons (Fsp3) is 0.846. The third-order valence-electron chi connectivity index (χ3n) is 3.38. The number of hydrogen-bond donors (Lipinski definition) is 3. The van der Waals surface area contributed by atoms with Crippen molar-refractivity contribution < 1.29 is 14.7 Å². The monoisotopic (exact) mass is 271 g/mol. The van der Waals surface area contributed by atoms with E-state index in [0.717, 1.165) is 12.8 Å². The van der Waals surface area contributed by atoms with Crippen LogP contribution in [0.5, 0.6) is 0 Å². The highest BCUT2D eigenvalue weighted by Gasteiger charge is 2.25. The van der Waals surface area contributed by atoms with Crippen LogP contribution in [-0.4, -0.2) is 54.2 Å². The second-order valence-electron chi connectivity index (χ2n) is 5.23. The zero-order valence-corrected chi connectivity index (χ0v) is 11.8. The number of aliphatic hydroxyl groups excluding tert-OH is 1. The molecule has 19 heavy (non-hydrogen) atoms. The van der Waals surface area contributed by atoms with Gasteiger partial charge in [0, 0.05) is 19.6 Å². The topological polar surface area (TPSA) is 81.7 Å². The van der Waals surface area contributed by atoms with Gasteiger partial charge in [-0.05, 0) is 18.8 Å². The van der Waals surface area contributed by atoms with Crippen LogP contribution in [0.2, 0.25) is 0 Å². The zero-order chi connectivity index (χ0) is 14.3. The van der Waals surface area contributed by atoms with Gasteiger partial charge in [-0.15, -0.1) is 0 Å². The molecule has 0 aromatic heterocycles. The number of likely N-dealkylation sites (tertiary alicyclic amines) is 1. The van der Waals surface area contributed by atoms with E-state index >= 15 is 0 Å². The summed E-state index contributed by atoms with van der Waals surface area (Å²) in [7, 11) is 0. The third kappa shape index (κ3) is 6.02. The Morgan fingerprint density at radius 3 is 2.79 bits per heavy atom. The molecule has 1 rings (SSSR count). The summed E-state index contributed by atoms with van der Waals surface area (Å²) < 4.78 is 0. The van der Waals surface area contributed by atoms with Crippen molar-refractivity contribution in [2.45, 2.75) is 39.2 Å². The van der Waals surface area contributed by atoms with Gasteiger partial charge in [0.2, 0.25) is 5.91 Å². The molecule has 6 heteroatoms. The Hall–Kier alpha value is -1.14. The molecule has 1 aliphatic rings. The quantitative estimate of drug-likeness (QED) is 0.629. The van der Waals surface area contributed by atoms with Crippen LogP contribution in [0.25, 0.3) is 0 Å². The average molecular weight is 271 g/mol. The molecule has 0 aromatic carbocycles. The Morgan fingerprint density at radius 2 is 2.16 bits per heavy atom. The minimum Gasteiger partial charge on any atom is -0.393 e. The number of aliphatic hydroxyl groups is 1. The van der Waals surface area contributed by atoms with E-state index in [2.05, 4.69) is 10.6 Å². The number of imide groups is 1. The Morgan fingerprint density at radius 1 is 1.42 bits per heavy atom. The van der Waals surface area contributed by atoms with Gasteiger partial charge in [-0.1, -0.05) is 20.3 Å². The number of amides is 3. The van der Waals surface area contributed by atoms with Gasteiger partial charge >= 0.3 is 6.03 Å². The van der Waals surface area contributed by atoms with Crippen molar-refractivity contribution in [3.05, 3.63) is 0 Å². The van der Waals surface area contributed by atoms with Crippen LogP contribution in [0.15, 0.2) is 0 Å². The molecule has 0 spiro atoms. The van der Waals surface area contributed by atoms with Crippen LogP contribution >= 0.6 is 0 Å². The van der Waals surface area contributed by atoms with E-state index in [1.165, 1.54) is 0 Å². The molecule has 110 valence electrons. The maximum atomic E-state index is 11.7. The van der Waals surface area contributed by atoms with E-state index in [1.54, 1.807) is 0 Å². The van der Waals surface area contributed by atoms with E-state index in [4.69, 9.17) is 0 Å². The minimum atomic E-state index is -0.427. The standard InChI is InChI=1S/C13H25N3O3/c1-3-4-6-14-13(19)15-12(18)9-16-7-5-11(17)10(2)8-16/h10-11,17H,3-9H2,1-2H3,(H2,14,15,18,19). The normalized spacial score (nSPS) is 23.9. The molecule has 0 aliphatic carbocycles. The smallest absolute Gasteiger partial charge is 0.321 e. The number of rotatable bonds is 5. The van der Waals surface area contributed by atoms with Crippen molar-refractivity contribution in [2.75, 3.05) is 26.2 Å². The second-order valence-corrected chi connectivity index (χ2v) is 5.23. The first-order chi connectivity index (χ1) is 9.02. The minimum absolute atomic E-state index is 0.167. The van der Waals surface area contributed by atoms with E-state index in [1.807, 2.05) is 18.7 Å². The average Bonchev–Trinajstić information content (AvgIpc) is 2.34. The van der Waals surface area contributed by atoms with Crippen molar-refractivity contribution in [3.63, 3.8) is 0 Å². The first-order valence-electron chi connectivity index (χ1n) is 7.01. The Balaban J connectivity index is 2.22. The lowest BCUT2D eigenvalue weighted by atomic mass is 9.97. The highest BCUT2D eigenvalue weighted by Crippen LogP contribution is 2.15. The molecule has 0 bridgehead atoms. The molecule has 2 atom stereocenters. The third-order valence-corrected chi connectivity index (χ3v) is 3.38. The number of piperidine rings is 1. The SMILES string of the molecule is CCCCNC(=O)NC(=O)CN1CCC(O)C(C)C1. The van der Waals surface area contributed by atoms with Crippen LogP contribution in [0, 0.1) is 5.92 Å². The van der Waals surface area contributed by atoms with Crippen LogP contribution in [0.3, 0.4) is 0 Å². The molecular formula is C13H25N3O3. The van der Waals surface area contributed by atoms with Crippen LogP contribution in [-0.2, 0) is 4.79 Å². The van der Waals surface area contributed by atoms with Gasteiger partial charge < -0.3 is 10.4 Å². The predicted molar refractivity (Wildman–Crippen MR) is 72.7 cm³/mol. The fourth-order valence-corrected chi connectivity index (χ4v) is 2.16. The number of unbranched alkanes of at least 4 members (excludes halogenated alkanes) is 1. The molecule has 1 aliphatic heterocycles. The van der Waals surface area contributed by atoms with Crippen LogP contribution in [0.1, 0.15) is 33.1 Å². The van der Waals surface area contributed by atoms with E-state index in [9.17, 15) is 14.7 Å². The first kappa shape index (κ1) is 15.9. The van der Waals surface area contributed by atoms with Crippen molar-refractivity contribution in [2.24, 2.45) is 5.92 Å². The molecule has 0 aromatic rings. The van der Waals surface area contributed by atoms with Crippen molar-refractivity contribution in [1.82, 2.24) is 15.5 Å². The Bertz CT molecular complexity index is 310. The number of nitrogens with one attached hydrogen (secondary N) is 2. The Kier molecular flexibility index (Phi) is 6.80. The maximum absolute atomic E-state index is 11.7. The lowest BCUT2D eigenvalue weighted by Crippen LogP contribution is -2.48. The lowest BCUT2D eigenvalue weighted by Gasteiger charge is -2.33. The molecule has 2 unspecified atom stereocenters. The summed E-state index contributed by atoms with van der Waals surface area (Å²) in [4.78, 5) is 25.0. The van der Waals surface area contributed by atoms with Crippen molar-refractivity contribution >= 4 is 11.9 Å². The van der Waals surface area contributed by atoms with Crippen LogP contribution < -0.4 is 10.6 Å². The molecule has 1 saturated heterocycles. The number of carbonyl (C=O) groups excluding carboxylic acids is 2. The van der Waals surface area contributed by atoms with Crippen molar-refractivity contribution in [3.8, 4) is 0 Å². The molecule has 1 fully saturated rings. The summed E-state index contributed by atoms with van der Waals surface area (Å²) in [5, 5.41) is 14.6. The Labute approximate surface area is 114 Å². The highest BCUT2D eigenvalue weighted by atomic mass is 16.3. The highest BCUT2D eigenvalue weighted by molar-refractivity contribution is 5.95. The lowest BCUT2D eigenvalue weighted by molar-refractivity contribution is -0.122. The molecule has 3 amide bonds.